The molecule has 0 aromatic carbocycles. The lowest BCUT2D eigenvalue weighted by molar-refractivity contribution is -0.242. The smallest absolute Gasteiger partial charge is 0.237 e. The Labute approximate surface area is 137 Å². The Bertz CT molecular complexity index is 388. The van der Waals surface area contributed by atoms with Crippen LogP contribution in [-0.4, -0.2) is 70.9 Å². The molecule has 1 heterocycles. The standard InChI is InChI=1S/C15H31N3O5/c1-15(2,3)13-12(21)11(20)10(19)9(23-13)7-18-14(22)8(17)5-4-6-16/h8-13,19-21H,4-7,16-17H2,1-3H3,(H,18,22). The number of amides is 1. The van der Waals surface area contributed by atoms with E-state index >= 15 is 0 Å². The first-order chi connectivity index (χ1) is 10.6. The predicted octanol–water partition coefficient (Wildman–Crippen LogP) is -1.93. The second-order valence-corrected chi connectivity index (χ2v) is 7.22. The van der Waals surface area contributed by atoms with Gasteiger partial charge in [-0.1, -0.05) is 20.8 Å². The predicted molar refractivity (Wildman–Crippen MR) is 85.4 cm³/mol. The summed E-state index contributed by atoms with van der Waals surface area (Å²) in [6.45, 7) is 6.06. The van der Waals surface area contributed by atoms with Gasteiger partial charge in [0, 0.05) is 6.54 Å². The number of nitrogens with one attached hydrogen (secondary N) is 1. The van der Waals surface area contributed by atoms with Crippen molar-refractivity contribution in [2.75, 3.05) is 13.1 Å². The first kappa shape index (κ1) is 20.3. The van der Waals surface area contributed by atoms with Crippen LogP contribution in [0.4, 0.5) is 0 Å². The van der Waals surface area contributed by atoms with Crippen LogP contribution in [0.3, 0.4) is 0 Å². The van der Waals surface area contributed by atoms with Crippen LogP contribution in [0.25, 0.3) is 0 Å². The monoisotopic (exact) mass is 333 g/mol. The third kappa shape index (κ3) is 5.37. The van der Waals surface area contributed by atoms with E-state index in [0.29, 0.717) is 19.4 Å². The third-order valence-corrected chi connectivity index (χ3v) is 4.10. The molecule has 0 aliphatic carbocycles. The summed E-state index contributed by atoms with van der Waals surface area (Å²) in [6, 6.07) is -0.673. The molecule has 0 bridgehead atoms. The Hall–Kier alpha value is -0.770. The van der Waals surface area contributed by atoms with Crippen LogP contribution >= 0.6 is 0 Å². The molecule has 6 atom stereocenters. The first-order valence-corrected chi connectivity index (χ1v) is 8.02. The molecular weight excluding hydrogens is 302 g/mol. The Balaban J connectivity index is 2.63. The minimum atomic E-state index is -1.33. The SMILES string of the molecule is CC(C)(C)C1OC(CNC(=O)C(N)CCCN)C(O)C(O)C1O. The van der Waals surface area contributed by atoms with Crippen LogP contribution in [0.1, 0.15) is 33.6 Å². The van der Waals surface area contributed by atoms with E-state index in [-0.39, 0.29) is 12.5 Å². The van der Waals surface area contributed by atoms with Crippen molar-refractivity contribution in [3.05, 3.63) is 0 Å². The summed E-state index contributed by atoms with van der Waals surface area (Å²) in [5, 5.41) is 32.7. The lowest BCUT2D eigenvalue weighted by Gasteiger charge is -2.45. The third-order valence-electron chi connectivity index (χ3n) is 4.10. The molecule has 1 rings (SSSR count). The Morgan fingerprint density at radius 2 is 1.83 bits per heavy atom. The molecule has 0 aromatic rings. The molecule has 8 heteroatoms. The van der Waals surface area contributed by atoms with Gasteiger partial charge in [0.25, 0.3) is 0 Å². The van der Waals surface area contributed by atoms with Gasteiger partial charge in [0.2, 0.25) is 5.91 Å². The lowest BCUT2D eigenvalue weighted by atomic mass is 9.80. The highest BCUT2D eigenvalue weighted by molar-refractivity contribution is 5.81. The second-order valence-electron chi connectivity index (χ2n) is 7.22. The van der Waals surface area contributed by atoms with Gasteiger partial charge in [0.05, 0.1) is 12.1 Å². The van der Waals surface area contributed by atoms with Crippen LogP contribution in [0, 0.1) is 5.41 Å². The number of carbonyl (C=O) groups excluding carboxylic acids is 1. The average molecular weight is 333 g/mol. The Morgan fingerprint density at radius 3 is 2.35 bits per heavy atom. The summed E-state index contributed by atoms with van der Waals surface area (Å²) in [5.41, 5.74) is 10.7. The molecule has 23 heavy (non-hydrogen) atoms. The maximum Gasteiger partial charge on any atom is 0.237 e. The zero-order valence-electron chi connectivity index (χ0n) is 14.1. The summed E-state index contributed by atoms with van der Waals surface area (Å²) in [5.74, 6) is -0.359. The van der Waals surface area contributed by atoms with E-state index in [9.17, 15) is 20.1 Å². The number of hydrogen-bond acceptors (Lipinski definition) is 7. The number of aliphatic hydroxyl groups excluding tert-OH is 3. The van der Waals surface area contributed by atoms with E-state index in [0.717, 1.165) is 0 Å². The van der Waals surface area contributed by atoms with Gasteiger partial charge in [-0.05, 0) is 24.8 Å². The zero-order valence-corrected chi connectivity index (χ0v) is 14.1. The normalized spacial score (nSPS) is 33.3. The van der Waals surface area contributed by atoms with Gasteiger partial charge in [-0.15, -0.1) is 0 Å². The number of ether oxygens (including phenoxy) is 1. The second kappa shape index (κ2) is 8.36. The maximum atomic E-state index is 11.9. The lowest BCUT2D eigenvalue weighted by Crippen LogP contribution is -2.63. The van der Waals surface area contributed by atoms with Crippen molar-refractivity contribution in [3.63, 3.8) is 0 Å². The topological polar surface area (TPSA) is 151 Å². The summed E-state index contributed by atoms with van der Waals surface area (Å²) < 4.78 is 5.72. The van der Waals surface area contributed by atoms with Crippen LogP contribution < -0.4 is 16.8 Å². The molecule has 0 spiro atoms. The van der Waals surface area contributed by atoms with Gasteiger partial charge >= 0.3 is 0 Å². The quantitative estimate of drug-likeness (QED) is 0.331. The van der Waals surface area contributed by atoms with Gasteiger partial charge in [0.1, 0.15) is 24.4 Å². The van der Waals surface area contributed by atoms with Crippen molar-refractivity contribution in [2.24, 2.45) is 16.9 Å². The molecule has 0 radical (unpaired) electrons. The Kier molecular flexibility index (Phi) is 7.37. The highest BCUT2D eigenvalue weighted by atomic mass is 16.5. The highest BCUT2D eigenvalue weighted by Gasteiger charge is 2.47. The van der Waals surface area contributed by atoms with Crippen molar-refractivity contribution in [1.29, 1.82) is 0 Å². The molecule has 1 saturated heterocycles. The van der Waals surface area contributed by atoms with Crippen molar-refractivity contribution >= 4 is 5.91 Å². The minimum Gasteiger partial charge on any atom is -0.388 e. The highest BCUT2D eigenvalue weighted by Crippen LogP contribution is 2.32. The average Bonchev–Trinajstić information content (AvgIpc) is 2.47. The number of carbonyl (C=O) groups is 1. The van der Waals surface area contributed by atoms with Crippen LogP contribution in [0.2, 0.25) is 0 Å². The Morgan fingerprint density at radius 1 is 1.22 bits per heavy atom. The van der Waals surface area contributed by atoms with E-state index in [1.54, 1.807) is 0 Å². The molecule has 1 amide bonds. The number of aliphatic hydroxyl groups is 3. The van der Waals surface area contributed by atoms with Gasteiger partial charge in [-0.3, -0.25) is 4.79 Å². The first-order valence-electron chi connectivity index (χ1n) is 8.02. The molecule has 8 N–H and O–H groups in total. The molecule has 1 fully saturated rings. The van der Waals surface area contributed by atoms with Crippen molar-refractivity contribution < 1.29 is 24.9 Å². The molecule has 0 saturated carbocycles. The molecule has 8 nitrogen and oxygen atoms in total. The van der Waals surface area contributed by atoms with Crippen molar-refractivity contribution in [3.8, 4) is 0 Å². The summed E-state index contributed by atoms with van der Waals surface area (Å²) in [6.07, 6.45) is -4.16. The molecule has 1 aliphatic heterocycles. The van der Waals surface area contributed by atoms with Gasteiger partial charge in [-0.25, -0.2) is 0 Å². The largest absolute Gasteiger partial charge is 0.388 e. The summed E-state index contributed by atoms with van der Waals surface area (Å²) >= 11 is 0. The summed E-state index contributed by atoms with van der Waals surface area (Å²) in [7, 11) is 0. The molecule has 6 unspecified atom stereocenters. The van der Waals surface area contributed by atoms with E-state index in [1.807, 2.05) is 20.8 Å². The maximum absolute atomic E-state index is 11.9. The van der Waals surface area contributed by atoms with Crippen molar-refractivity contribution in [1.82, 2.24) is 5.32 Å². The van der Waals surface area contributed by atoms with Crippen LogP contribution in [0.15, 0.2) is 0 Å². The van der Waals surface area contributed by atoms with Crippen LogP contribution in [0.5, 0.6) is 0 Å². The van der Waals surface area contributed by atoms with E-state index in [1.165, 1.54) is 0 Å². The summed E-state index contributed by atoms with van der Waals surface area (Å²) in [4.78, 5) is 11.9. The van der Waals surface area contributed by atoms with Gasteiger partial charge < -0.3 is 36.8 Å². The van der Waals surface area contributed by atoms with Gasteiger partial charge in [0.15, 0.2) is 0 Å². The molecule has 1 aliphatic rings. The van der Waals surface area contributed by atoms with E-state index < -0.39 is 42.0 Å². The molecule has 136 valence electrons. The van der Waals surface area contributed by atoms with Crippen molar-refractivity contribution in [2.45, 2.75) is 70.2 Å². The molecular formula is C15H31N3O5. The number of nitrogens with two attached hydrogens (primary N) is 2. The number of rotatable bonds is 6. The fraction of sp³-hybridized carbons (Fsp3) is 0.933. The van der Waals surface area contributed by atoms with E-state index in [2.05, 4.69) is 5.32 Å². The van der Waals surface area contributed by atoms with Crippen LogP contribution in [-0.2, 0) is 9.53 Å². The molecule has 0 aromatic heterocycles. The number of hydrogen-bond donors (Lipinski definition) is 6. The minimum absolute atomic E-state index is 0.00663. The fourth-order valence-electron chi connectivity index (χ4n) is 2.64. The van der Waals surface area contributed by atoms with E-state index in [4.69, 9.17) is 16.2 Å². The van der Waals surface area contributed by atoms with Gasteiger partial charge in [-0.2, -0.15) is 0 Å². The zero-order chi connectivity index (χ0) is 17.8. The fourth-order valence-corrected chi connectivity index (χ4v) is 2.64.